The molecule has 4 rings (SSSR count). The average molecular weight is 355 g/mol. The largest absolute Gasteiger partial charge is 0.491 e. The van der Waals surface area contributed by atoms with Gasteiger partial charge in [-0.2, -0.15) is 5.10 Å². The van der Waals surface area contributed by atoms with Gasteiger partial charge in [0.05, 0.1) is 18.8 Å². The van der Waals surface area contributed by atoms with Crippen molar-refractivity contribution >= 4 is 17.4 Å². The molecule has 0 radical (unpaired) electrons. The Hall–Kier alpha value is -3.16. The standard InChI is InChI=1S/C18H18FN5O2/c1-10-9-24-17-14(8-21-24)18(25)20-5-6-26-15-4-3-12(19)7-13(15)11(2)22-16(10)23-17/h3-4,7-9,11H,5-6H2,1-2H3,(H,20,25)(H,22,23)/t11-/m1/s1. The van der Waals surface area contributed by atoms with Gasteiger partial charge in [-0.3, -0.25) is 4.79 Å². The van der Waals surface area contributed by atoms with Gasteiger partial charge in [-0.15, -0.1) is 0 Å². The van der Waals surface area contributed by atoms with Crippen molar-refractivity contribution in [2.24, 2.45) is 0 Å². The Balaban J connectivity index is 1.84. The fraction of sp³-hybridized carbons (Fsp3) is 0.278. The second-order valence-corrected chi connectivity index (χ2v) is 6.25. The molecule has 8 heteroatoms. The van der Waals surface area contributed by atoms with E-state index in [0.717, 1.165) is 5.56 Å². The third-order valence-corrected chi connectivity index (χ3v) is 4.36. The maximum atomic E-state index is 13.8. The predicted molar refractivity (Wildman–Crippen MR) is 94.0 cm³/mol. The van der Waals surface area contributed by atoms with Gasteiger partial charge in [-0.1, -0.05) is 0 Å². The van der Waals surface area contributed by atoms with Crippen molar-refractivity contribution in [1.29, 1.82) is 0 Å². The molecule has 26 heavy (non-hydrogen) atoms. The zero-order chi connectivity index (χ0) is 18.3. The Morgan fingerprint density at radius 1 is 1.38 bits per heavy atom. The summed E-state index contributed by atoms with van der Waals surface area (Å²) in [4.78, 5) is 17.0. The van der Waals surface area contributed by atoms with Gasteiger partial charge in [0, 0.05) is 17.3 Å². The minimum Gasteiger partial charge on any atom is -0.491 e. The lowest BCUT2D eigenvalue weighted by Crippen LogP contribution is -2.28. The normalized spacial score (nSPS) is 17.3. The van der Waals surface area contributed by atoms with Gasteiger partial charge in [0.2, 0.25) is 0 Å². The zero-order valence-corrected chi connectivity index (χ0v) is 14.4. The second kappa shape index (κ2) is 6.29. The third-order valence-electron chi connectivity index (χ3n) is 4.36. The van der Waals surface area contributed by atoms with Gasteiger partial charge < -0.3 is 15.4 Å². The fourth-order valence-corrected chi connectivity index (χ4v) is 3.00. The van der Waals surface area contributed by atoms with E-state index < -0.39 is 0 Å². The summed E-state index contributed by atoms with van der Waals surface area (Å²) in [5, 5.41) is 10.3. The number of nitrogens with one attached hydrogen (secondary N) is 2. The molecular formula is C18H18FN5O2. The molecule has 1 aliphatic heterocycles. The molecule has 1 atom stereocenters. The van der Waals surface area contributed by atoms with Crippen LogP contribution in [0.2, 0.25) is 0 Å². The van der Waals surface area contributed by atoms with Gasteiger partial charge in [0.15, 0.2) is 5.65 Å². The average Bonchev–Trinajstić information content (AvgIpc) is 3.01. The number of nitrogens with zero attached hydrogens (tertiary/aromatic N) is 3. The molecule has 0 spiro atoms. The maximum Gasteiger partial charge on any atom is 0.256 e. The Kier molecular flexibility index (Phi) is 3.95. The van der Waals surface area contributed by atoms with E-state index in [1.54, 1.807) is 16.8 Å². The maximum absolute atomic E-state index is 13.8. The number of amides is 1. The van der Waals surface area contributed by atoms with E-state index in [9.17, 15) is 9.18 Å². The number of carbonyl (C=O) groups is 1. The minimum absolute atomic E-state index is 0.245. The van der Waals surface area contributed by atoms with Crippen LogP contribution in [-0.2, 0) is 0 Å². The highest BCUT2D eigenvalue weighted by Gasteiger charge is 2.19. The molecular weight excluding hydrogens is 337 g/mol. The first kappa shape index (κ1) is 16.3. The quantitative estimate of drug-likeness (QED) is 0.648. The number of fused-ring (bicyclic) bond motifs is 2. The summed E-state index contributed by atoms with van der Waals surface area (Å²) in [6.45, 7) is 4.39. The van der Waals surface area contributed by atoms with Crippen molar-refractivity contribution in [1.82, 2.24) is 19.9 Å². The highest BCUT2D eigenvalue weighted by Crippen LogP contribution is 2.29. The predicted octanol–water partition coefficient (Wildman–Crippen LogP) is 2.47. The van der Waals surface area contributed by atoms with Crippen LogP contribution in [0.3, 0.4) is 0 Å². The van der Waals surface area contributed by atoms with E-state index in [-0.39, 0.29) is 24.4 Å². The third kappa shape index (κ3) is 2.83. The lowest BCUT2D eigenvalue weighted by Gasteiger charge is -2.20. The second-order valence-electron chi connectivity index (χ2n) is 6.25. The first-order chi connectivity index (χ1) is 12.5. The van der Waals surface area contributed by atoms with Gasteiger partial charge in [-0.25, -0.2) is 13.9 Å². The number of rotatable bonds is 0. The number of hydrogen-bond donors (Lipinski definition) is 2. The van der Waals surface area contributed by atoms with Crippen LogP contribution in [0, 0.1) is 12.7 Å². The summed E-state index contributed by atoms with van der Waals surface area (Å²) >= 11 is 0. The Labute approximate surface area is 149 Å². The van der Waals surface area contributed by atoms with Crippen LogP contribution in [0.1, 0.15) is 34.5 Å². The molecule has 0 saturated heterocycles. The molecule has 2 N–H and O–H groups in total. The minimum atomic E-state index is -0.336. The fourth-order valence-electron chi connectivity index (χ4n) is 3.00. The monoisotopic (exact) mass is 355 g/mol. The lowest BCUT2D eigenvalue weighted by molar-refractivity contribution is 0.0948. The molecule has 1 aliphatic rings. The van der Waals surface area contributed by atoms with E-state index in [4.69, 9.17) is 4.74 Å². The van der Waals surface area contributed by atoms with Crippen LogP contribution >= 0.6 is 0 Å². The topological polar surface area (TPSA) is 80.6 Å². The van der Waals surface area contributed by atoms with E-state index in [0.29, 0.717) is 34.9 Å². The first-order valence-electron chi connectivity index (χ1n) is 8.35. The zero-order valence-electron chi connectivity index (χ0n) is 14.4. The number of halogens is 1. The molecule has 2 aromatic heterocycles. The van der Waals surface area contributed by atoms with Gasteiger partial charge in [-0.05, 0) is 32.0 Å². The molecule has 134 valence electrons. The molecule has 3 heterocycles. The van der Waals surface area contributed by atoms with Crippen LogP contribution in [0.5, 0.6) is 5.75 Å². The molecule has 2 bridgehead atoms. The number of aryl methyl sites for hydroxylation is 1. The summed E-state index contributed by atoms with van der Waals surface area (Å²) in [5.41, 5.74) is 2.39. The molecule has 1 amide bonds. The molecule has 3 aromatic rings. The van der Waals surface area contributed by atoms with Crippen LogP contribution in [0.25, 0.3) is 5.65 Å². The molecule has 0 fully saturated rings. The van der Waals surface area contributed by atoms with Gasteiger partial charge in [0.25, 0.3) is 5.91 Å². The number of aromatic nitrogens is 3. The van der Waals surface area contributed by atoms with Crippen LogP contribution < -0.4 is 15.4 Å². The van der Waals surface area contributed by atoms with Crippen molar-refractivity contribution in [2.45, 2.75) is 19.9 Å². The lowest BCUT2D eigenvalue weighted by atomic mass is 10.1. The SMILES string of the molecule is Cc1cn2ncc3c2nc1N[C@H](C)c1cc(F)ccc1OCCNC3=O. The van der Waals surface area contributed by atoms with Crippen molar-refractivity contribution in [3.8, 4) is 5.75 Å². The van der Waals surface area contributed by atoms with Crippen LogP contribution in [0.4, 0.5) is 10.2 Å². The Morgan fingerprint density at radius 3 is 3.08 bits per heavy atom. The summed E-state index contributed by atoms with van der Waals surface area (Å²) in [7, 11) is 0. The molecule has 0 saturated carbocycles. The summed E-state index contributed by atoms with van der Waals surface area (Å²) in [6, 6.07) is 4.16. The molecule has 0 aliphatic carbocycles. The number of ether oxygens (including phenoxy) is 1. The molecule has 1 aromatic carbocycles. The number of hydrogen-bond acceptors (Lipinski definition) is 5. The number of anilines is 1. The number of benzene rings is 1. The smallest absolute Gasteiger partial charge is 0.256 e. The van der Waals surface area contributed by atoms with Crippen molar-refractivity contribution in [3.63, 3.8) is 0 Å². The highest BCUT2D eigenvalue weighted by atomic mass is 19.1. The van der Waals surface area contributed by atoms with Gasteiger partial charge >= 0.3 is 0 Å². The summed E-state index contributed by atoms with van der Waals surface area (Å²) < 4.78 is 21.1. The Bertz CT molecular complexity index is 1000. The van der Waals surface area contributed by atoms with E-state index in [1.165, 1.54) is 18.3 Å². The van der Waals surface area contributed by atoms with Gasteiger partial charge in [0.1, 0.15) is 29.6 Å². The van der Waals surface area contributed by atoms with E-state index in [1.807, 2.05) is 13.8 Å². The highest BCUT2D eigenvalue weighted by molar-refractivity contribution is 5.99. The summed E-state index contributed by atoms with van der Waals surface area (Å²) in [5.74, 6) is 0.574. The van der Waals surface area contributed by atoms with Crippen molar-refractivity contribution in [2.75, 3.05) is 18.5 Å². The van der Waals surface area contributed by atoms with Crippen LogP contribution in [-0.4, -0.2) is 33.7 Å². The van der Waals surface area contributed by atoms with Crippen molar-refractivity contribution < 1.29 is 13.9 Å². The first-order valence-corrected chi connectivity index (χ1v) is 8.35. The molecule has 0 unspecified atom stereocenters. The Morgan fingerprint density at radius 2 is 2.23 bits per heavy atom. The van der Waals surface area contributed by atoms with E-state index >= 15 is 0 Å². The van der Waals surface area contributed by atoms with Crippen LogP contribution in [0.15, 0.2) is 30.6 Å². The van der Waals surface area contributed by atoms with E-state index in [2.05, 4.69) is 20.7 Å². The molecule has 7 nitrogen and oxygen atoms in total. The number of carbonyl (C=O) groups excluding carboxylic acids is 1. The van der Waals surface area contributed by atoms with Crippen molar-refractivity contribution in [3.05, 3.63) is 53.1 Å². The summed E-state index contributed by atoms with van der Waals surface area (Å²) in [6.07, 6.45) is 3.30.